The van der Waals surface area contributed by atoms with Crippen LogP contribution >= 0.6 is 0 Å². The fraction of sp³-hybridized carbons (Fsp3) is 0.286. The minimum atomic E-state index is -0.403. The number of rotatable bonds is 7. The van der Waals surface area contributed by atoms with Gasteiger partial charge in [0.2, 0.25) is 0 Å². The van der Waals surface area contributed by atoms with Crippen LogP contribution in [0.2, 0.25) is 0 Å². The van der Waals surface area contributed by atoms with E-state index < -0.39 is 5.91 Å². The third-order valence-corrected chi connectivity index (χ3v) is 6.17. The molecule has 0 aliphatic carbocycles. The van der Waals surface area contributed by atoms with E-state index in [1.165, 1.54) is 5.56 Å². The molecule has 34 heavy (non-hydrogen) atoms. The minimum absolute atomic E-state index is 0.336. The van der Waals surface area contributed by atoms with Gasteiger partial charge in [0.25, 0.3) is 5.91 Å². The minimum Gasteiger partial charge on any atom is -0.497 e. The summed E-state index contributed by atoms with van der Waals surface area (Å²) in [6, 6.07) is 24.5. The molecule has 4 rings (SSSR count). The molecule has 6 heteroatoms. The van der Waals surface area contributed by atoms with E-state index in [0.717, 1.165) is 30.6 Å². The van der Waals surface area contributed by atoms with Crippen molar-refractivity contribution in [3.05, 3.63) is 95.6 Å². The second-order valence-corrected chi connectivity index (χ2v) is 8.54. The molecule has 1 N–H and O–H groups in total. The van der Waals surface area contributed by atoms with Crippen molar-refractivity contribution < 1.29 is 19.1 Å². The van der Waals surface area contributed by atoms with Crippen LogP contribution in [0.3, 0.4) is 0 Å². The van der Waals surface area contributed by atoms with Crippen LogP contribution in [-0.4, -0.2) is 37.0 Å². The standard InChI is InChI=1S/C28H30N2O4/c1-33-25-11-7-21(8-12-25)19-22-15-17-30(18-16-22)28(32)29-27(31)24-9-13-26(14-10-24)34-20-23-5-3-2-4-6-23/h2-14,22H,15-20H2,1H3,(H,29,31,32). The zero-order valence-corrected chi connectivity index (χ0v) is 19.4. The summed E-state index contributed by atoms with van der Waals surface area (Å²) in [4.78, 5) is 26.9. The molecule has 176 valence electrons. The third kappa shape index (κ3) is 6.38. The summed E-state index contributed by atoms with van der Waals surface area (Å²) in [5.41, 5.74) is 2.77. The molecule has 1 aliphatic rings. The number of piperidine rings is 1. The Bertz CT molecular complexity index is 1070. The lowest BCUT2D eigenvalue weighted by atomic mass is 9.90. The molecule has 0 saturated carbocycles. The van der Waals surface area contributed by atoms with Gasteiger partial charge in [0.15, 0.2) is 0 Å². The Morgan fingerprint density at radius 3 is 2.15 bits per heavy atom. The van der Waals surface area contributed by atoms with Gasteiger partial charge in [0.1, 0.15) is 18.1 Å². The van der Waals surface area contributed by atoms with Gasteiger partial charge in [-0.3, -0.25) is 10.1 Å². The average Bonchev–Trinajstić information content (AvgIpc) is 2.89. The van der Waals surface area contributed by atoms with E-state index in [1.807, 2.05) is 42.5 Å². The van der Waals surface area contributed by atoms with Gasteiger partial charge in [-0.05, 0) is 72.7 Å². The number of hydrogen-bond donors (Lipinski definition) is 1. The molecular weight excluding hydrogens is 428 g/mol. The highest BCUT2D eigenvalue weighted by atomic mass is 16.5. The summed E-state index contributed by atoms with van der Waals surface area (Å²) < 4.78 is 11.0. The Kier molecular flexibility index (Phi) is 7.81. The SMILES string of the molecule is COc1ccc(CC2CCN(C(=O)NC(=O)c3ccc(OCc4ccccc4)cc3)CC2)cc1. The van der Waals surface area contributed by atoms with Crippen LogP contribution in [0.1, 0.15) is 34.3 Å². The summed E-state index contributed by atoms with van der Waals surface area (Å²) in [6.45, 7) is 1.75. The number of imide groups is 1. The molecule has 3 amide bonds. The number of nitrogens with zero attached hydrogens (tertiary/aromatic N) is 1. The van der Waals surface area contributed by atoms with Crippen LogP contribution in [-0.2, 0) is 13.0 Å². The van der Waals surface area contributed by atoms with Gasteiger partial charge in [0.05, 0.1) is 7.11 Å². The smallest absolute Gasteiger partial charge is 0.324 e. The van der Waals surface area contributed by atoms with Crippen molar-refractivity contribution in [3.63, 3.8) is 0 Å². The first-order chi connectivity index (χ1) is 16.6. The summed E-state index contributed by atoms with van der Waals surface area (Å²) in [5, 5.41) is 2.51. The molecule has 0 bridgehead atoms. The first-order valence-corrected chi connectivity index (χ1v) is 11.6. The van der Waals surface area contributed by atoms with E-state index in [2.05, 4.69) is 17.4 Å². The average molecular weight is 459 g/mol. The summed E-state index contributed by atoms with van der Waals surface area (Å²) in [6.07, 6.45) is 2.82. The van der Waals surface area contributed by atoms with Crippen molar-refractivity contribution in [2.75, 3.05) is 20.2 Å². The Hall–Kier alpha value is -3.80. The molecule has 1 aliphatic heterocycles. The fourth-order valence-corrected chi connectivity index (χ4v) is 4.13. The second-order valence-electron chi connectivity index (χ2n) is 8.54. The van der Waals surface area contributed by atoms with E-state index in [-0.39, 0.29) is 6.03 Å². The van der Waals surface area contributed by atoms with Crippen LogP contribution in [0, 0.1) is 5.92 Å². The van der Waals surface area contributed by atoms with Crippen molar-refractivity contribution in [2.45, 2.75) is 25.9 Å². The molecule has 6 nitrogen and oxygen atoms in total. The summed E-state index contributed by atoms with van der Waals surface area (Å²) in [5.74, 6) is 1.65. The highest BCUT2D eigenvalue weighted by molar-refractivity contribution is 6.04. The number of ether oxygens (including phenoxy) is 2. The topological polar surface area (TPSA) is 67.9 Å². The van der Waals surface area contributed by atoms with Crippen LogP contribution in [0.15, 0.2) is 78.9 Å². The third-order valence-electron chi connectivity index (χ3n) is 6.17. The monoisotopic (exact) mass is 458 g/mol. The van der Waals surface area contributed by atoms with Crippen LogP contribution in [0.4, 0.5) is 4.79 Å². The van der Waals surface area contributed by atoms with Gasteiger partial charge in [-0.1, -0.05) is 42.5 Å². The number of benzene rings is 3. The molecule has 3 aromatic carbocycles. The Labute approximate surface area is 200 Å². The van der Waals surface area contributed by atoms with Crippen LogP contribution < -0.4 is 14.8 Å². The van der Waals surface area contributed by atoms with Crippen molar-refractivity contribution in [1.29, 1.82) is 0 Å². The molecule has 0 atom stereocenters. The van der Waals surface area contributed by atoms with Gasteiger partial charge in [-0.2, -0.15) is 0 Å². The highest BCUT2D eigenvalue weighted by Gasteiger charge is 2.24. The molecule has 0 unspecified atom stereocenters. The lowest BCUT2D eigenvalue weighted by molar-refractivity contribution is 0.0945. The number of methoxy groups -OCH3 is 1. The van der Waals surface area contributed by atoms with E-state index in [9.17, 15) is 9.59 Å². The van der Waals surface area contributed by atoms with Gasteiger partial charge < -0.3 is 14.4 Å². The predicted molar refractivity (Wildman–Crippen MR) is 131 cm³/mol. The van der Waals surface area contributed by atoms with Crippen molar-refractivity contribution in [3.8, 4) is 11.5 Å². The molecule has 1 heterocycles. The molecule has 0 radical (unpaired) electrons. The van der Waals surface area contributed by atoms with Gasteiger partial charge in [-0.15, -0.1) is 0 Å². The first-order valence-electron chi connectivity index (χ1n) is 11.6. The maximum Gasteiger partial charge on any atom is 0.324 e. The van der Waals surface area contributed by atoms with E-state index in [1.54, 1.807) is 36.3 Å². The van der Waals surface area contributed by atoms with Crippen molar-refractivity contribution in [1.82, 2.24) is 10.2 Å². The molecular formula is C28H30N2O4. The molecule has 0 spiro atoms. The fourth-order valence-electron chi connectivity index (χ4n) is 4.13. The maximum atomic E-state index is 12.6. The first kappa shape index (κ1) is 23.4. The zero-order chi connectivity index (χ0) is 23.8. The second kappa shape index (κ2) is 11.4. The Morgan fingerprint density at radius 1 is 0.853 bits per heavy atom. The number of amides is 3. The predicted octanol–water partition coefficient (Wildman–Crippen LogP) is 5.08. The normalized spacial score (nSPS) is 13.9. The quantitative estimate of drug-likeness (QED) is 0.536. The van der Waals surface area contributed by atoms with Crippen molar-refractivity contribution >= 4 is 11.9 Å². The molecule has 3 aromatic rings. The maximum absolute atomic E-state index is 12.6. The molecule has 0 aromatic heterocycles. The lowest BCUT2D eigenvalue weighted by Gasteiger charge is -2.32. The van der Waals surface area contributed by atoms with Gasteiger partial charge in [0, 0.05) is 18.7 Å². The van der Waals surface area contributed by atoms with Crippen LogP contribution in [0.5, 0.6) is 11.5 Å². The Balaban J connectivity index is 1.21. The molecule has 1 saturated heterocycles. The van der Waals surface area contributed by atoms with E-state index >= 15 is 0 Å². The van der Waals surface area contributed by atoms with Crippen molar-refractivity contribution in [2.24, 2.45) is 5.92 Å². The van der Waals surface area contributed by atoms with Crippen LogP contribution in [0.25, 0.3) is 0 Å². The highest BCUT2D eigenvalue weighted by Crippen LogP contribution is 2.23. The largest absolute Gasteiger partial charge is 0.497 e. The number of urea groups is 1. The Morgan fingerprint density at radius 2 is 1.50 bits per heavy atom. The number of likely N-dealkylation sites (tertiary alicyclic amines) is 1. The lowest BCUT2D eigenvalue weighted by Crippen LogP contribution is -2.46. The summed E-state index contributed by atoms with van der Waals surface area (Å²) in [7, 11) is 1.66. The van der Waals surface area contributed by atoms with E-state index in [4.69, 9.17) is 9.47 Å². The van der Waals surface area contributed by atoms with Gasteiger partial charge >= 0.3 is 6.03 Å². The van der Waals surface area contributed by atoms with Gasteiger partial charge in [-0.25, -0.2) is 4.79 Å². The number of hydrogen-bond acceptors (Lipinski definition) is 4. The molecule has 1 fully saturated rings. The number of nitrogens with one attached hydrogen (secondary N) is 1. The number of carbonyl (C=O) groups excluding carboxylic acids is 2. The van der Waals surface area contributed by atoms with E-state index in [0.29, 0.717) is 36.9 Å². The summed E-state index contributed by atoms with van der Waals surface area (Å²) >= 11 is 0. The number of carbonyl (C=O) groups is 2. The zero-order valence-electron chi connectivity index (χ0n) is 19.4.